The lowest BCUT2D eigenvalue weighted by molar-refractivity contribution is 0.0377. The van der Waals surface area contributed by atoms with Crippen LogP contribution >= 0.6 is 0 Å². The maximum Gasteiger partial charge on any atom is 0.260 e. The molecule has 0 spiro atoms. The van der Waals surface area contributed by atoms with Gasteiger partial charge in [-0.1, -0.05) is 12.1 Å². The Kier molecular flexibility index (Phi) is 4.41. The summed E-state index contributed by atoms with van der Waals surface area (Å²) >= 11 is 0. The monoisotopic (exact) mass is 403 g/mol. The fourth-order valence-corrected chi connectivity index (χ4v) is 5.22. The second-order valence-corrected chi connectivity index (χ2v) is 8.56. The van der Waals surface area contributed by atoms with E-state index in [1.165, 1.54) is 5.56 Å². The molecule has 1 unspecified atom stereocenters. The van der Waals surface area contributed by atoms with Gasteiger partial charge in [-0.05, 0) is 57.2 Å². The van der Waals surface area contributed by atoms with E-state index in [9.17, 15) is 4.79 Å². The van der Waals surface area contributed by atoms with Crippen LogP contribution in [-0.2, 0) is 11.8 Å². The number of amides is 1. The van der Waals surface area contributed by atoms with Gasteiger partial charge >= 0.3 is 0 Å². The standard InChI is InChI=1S/C23H25N5O2/c1-14-19(20(27-30-14)16-7-10-24-11-8-16)22(29)28-12-4-9-23(3)18(28)6-5-17-13-25-15(2)26-21(17)23/h7-8,10-11,13,18H,4-6,9,12H2,1-3H3/t18?,23-/m1/s1. The van der Waals surface area contributed by atoms with E-state index < -0.39 is 0 Å². The molecular formula is C23H25N5O2. The Labute approximate surface area is 175 Å². The predicted molar refractivity (Wildman–Crippen MR) is 111 cm³/mol. The van der Waals surface area contributed by atoms with E-state index in [1.807, 2.05) is 30.2 Å². The van der Waals surface area contributed by atoms with Crippen LogP contribution in [0.5, 0.6) is 0 Å². The first kappa shape index (κ1) is 18.9. The molecule has 3 aromatic heterocycles. The number of hydrogen-bond acceptors (Lipinski definition) is 6. The van der Waals surface area contributed by atoms with Crippen LogP contribution in [0.25, 0.3) is 11.3 Å². The van der Waals surface area contributed by atoms with Crippen molar-refractivity contribution in [1.82, 2.24) is 25.0 Å². The number of carbonyl (C=O) groups excluding carboxylic acids is 1. The topological polar surface area (TPSA) is 85.0 Å². The van der Waals surface area contributed by atoms with Crippen molar-refractivity contribution in [3.63, 3.8) is 0 Å². The van der Waals surface area contributed by atoms with Crippen LogP contribution in [0, 0.1) is 13.8 Å². The summed E-state index contributed by atoms with van der Waals surface area (Å²) < 4.78 is 5.46. The molecule has 0 saturated carbocycles. The number of fused-ring (bicyclic) bond motifs is 3. The molecule has 3 aromatic rings. The largest absolute Gasteiger partial charge is 0.360 e. The third-order valence-corrected chi connectivity index (χ3v) is 6.71. The number of hydrogen-bond donors (Lipinski definition) is 0. The summed E-state index contributed by atoms with van der Waals surface area (Å²) in [5.41, 5.74) is 4.13. The zero-order valence-electron chi connectivity index (χ0n) is 17.6. The van der Waals surface area contributed by atoms with Crippen molar-refractivity contribution in [3.05, 3.63) is 59.1 Å². The van der Waals surface area contributed by atoms with Crippen LogP contribution in [0.3, 0.4) is 0 Å². The molecule has 0 radical (unpaired) electrons. The summed E-state index contributed by atoms with van der Waals surface area (Å²) in [6, 6.07) is 3.80. The zero-order valence-corrected chi connectivity index (χ0v) is 17.6. The highest BCUT2D eigenvalue weighted by Crippen LogP contribution is 2.45. The maximum absolute atomic E-state index is 13.8. The molecule has 2 aliphatic rings. The highest BCUT2D eigenvalue weighted by molar-refractivity contribution is 6.01. The molecule has 1 aliphatic carbocycles. The Morgan fingerprint density at radius 1 is 1.27 bits per heavy atom. The highest BCUT2D eigenvalue weighted by atomic mass is 16.5. The van der Waals surface area contributed by atoms with E-state index in [0.29, 0.717) is 17.0 Å². The molecule has 7 heteroatoms. The fraction of sp³-hybridized carbons (Fsp3) is 0.435. The van der Waals surface area contributed by atoms with Crippen LogP contribution in [0.4, 0.5) is 0 Å². The number of aromatic nitrogens is 4. The predicted octanol–water partition coefficient (Wildman–Crippen LogP) is 3.65. The van der Waals surface area contributed by atoms with Crippen molar-refractivity contribution in [1.29, 1.82) is 0 Å². The van der Waals surface area contributed by atoms with E-state index in [2.05, 4.69) is 22.0 Å². The molecule has 1 aliphatic heterocycles. The summed E-state index contributed by atoms with van der Waals surface area (Å²) in [7, 11) is 0. The summed E-state index contributed by atoms with van der Waals surface area (Å²) in [4.78, 5) is 29.2. The fourth-order valence-electron chi connectivity index (χ4n) is 5.22. The second-order valence-electron chi connectivity index (χ2n) is 8.56. The van der Waals surface area contributed by atoms with Crippen molar-refractivity contribution in [2.24, 2.45) is 0 Å². The molecule has 30 heavy (non-hydrogen) atoms. The number of piperidine rings is 1. The van der Waals surface area contributed by atoms with Gasteiger partial charge in [0.15, 0.2) is 0 Å². The number of aryl methyl sites for hydroxylation is 3. The number of nitrogens with zero attached hydrogens (tertiary/aromatic N) is 5. The normalized spacial score (nSPS) is 23.0. The average Bonchev–Trinajstić information content (AvgIpc) is 3.14. The maximum atomic E-state index is 13.8. The molecule has 154 valence electrons. The molecule has 1 saturated heterocycles. The van der Waals surface area contributed by atoms with Gasteiger partial charge in [-0.25, -0.2) is 9.97 Å². The van der Waals surface area contributed by atoms with Gasteiger partial charge in [0.2, 0.25) is 0 Å². The van der Waals surface area contributed by atoms with Crippen molar-refractivity contribution in [2.75, 3.05) is 6.54 Å². The molecule has 1 amide bonds. The summed E-state index contributed by atoms with van der Waals surface area (Å²) in [6.45, 7) is 6.73. The Bertz CT molecular complexity index is 1110. The average molecular weight is 403 g/mol. The first-order valence-corrected chi connectivity index (χ1v) is 10.5. The third-order valence-electron chi connectivity index (χ3n) is 6.71. The van der Waals surface area contributed by atoms with Gasteiger partial charge in [-0.2, -0.15) is 0 Å². The van der Waals surface area contributed by atoms with E-state index in [4.69, 9.17) is 9.51 Å². The molecule has 4 heterocycles. The van der Waals surface area contributed by atoms with Gasteiger partial charge < -0.3 is 9.42 Å². The summed E-state index contributed by atoms with van der Waals surface area (Å²) in [5.74, 6) is 1.33. The Morgan fingerprint density at radius 3 is 2.87 bits per heavy atom. The Balaban J connectivity index is 1.55. The van der Waals surface area contributed by atoms with Crippen LogP contribution in [0.1, 0.15) is 59.4 Å². The minimum absolute atomic E-state index is 0.00860. The van der Waals surface area contributed by atoms with Crippen molar-refractivity contribution >= 4 is 5.91 Å². The lowest BCUT2D eigenvalue weighted by Gasteiger charge is -2.51. The quantitative estimate of drug-likeness (QED) is 0.649. The van der Waals surface area contributed by atoms with E-state index >= 15 is 0 Å². The summed E-state index contributed by atoms with van der Waals surface area (Å²) in [6.07, 6.45) is 9.12. The highest BCUT2D eigenvalue weighted by Gasteiger charge is 2.49. The number of likely N-dealkylation sites (tertiary alicyclic amines) is 1. The van der Waals surface area contributed by atoms with Gasteiger partial charge in [0.25, 0.3) is 5.91 Å². The Hall–Kier alpha value is -3.09. The van der Waals surface area contributed by atoms with E-state index in [0.717, 1.165) is 49.3 Å². The Morgan fingerprint density at radius 2 is 2.07 bits per heavy atom. The van der Waals surface area contributed by atoms with Gasteiger partial charge in [-0.15, -0.1) is 0 Å². The summed E-state index contributed by atoms with van der Waals surface area (Å²) in [5, 5.41) is 4.20. The van der Waals surface area contributed by atoms with Gasteiger partial charge in [-0.3, -0.25) is 9.78 Å². The molecule has 7 nitrogen and oxygen atoms in total. The molecular weight excluding hydrogens is 378 g/mol. The lowest BCUT2D eigenvalue weighted by Crippen LogP contribution is -2.58. The lowest BCUT2D eigenvalue weighted by atomic mass is 9.65. The van der Waals surface area contributed by atoms with Crippen molar-refractivity contribution < 1.29 is 9.32 Å². The molecule has 1 fully saturated rings. The van der Waals surface area contributed by atoms with Gasteiger partial charge in [0.05, 0.1) is 5.69 Å². The third kappa shape index (κ3) is 2.83. The van der Waals surface area contributed by atoms with Crippen LogP contribution in [0.15, 0.2) is 35.2 Å². The van der Waals surface area contributed by atoms with Crippen molar-refractivity contribution in [2.45, 2.75) is 57.9 Å². The van der Waals surface area contributed by atoms with Gasteiger partial charge in [0, 0.05) is 42.2 Å². The SMILES string of the molecule is Cc1ncc2c(n1)[C@]1(C)CCCN(C(=O)c3c(-c4ccncc4)noc3C)C1CC2. The van der Waals surface area contributed by atoms with Crippen LogP contribution in [0.2, 0.25) is 0 Å². The molecule has 5 rings (SSSR count). The second kappa shape index (κ2) is 7.00. The number of carbonyl (C=O) groups is 1. The first-order chi connectivity index (χ1) is 14.5. The molecule has 0 aromatic carbocycles. The minimum atomic E-state index is -0.170. The number of rotatable bonds is 2. The van der Waals surface area contributed by atoms with E-state index in [-0.39, 0.29) is 17.4 Å². The molecule has 0 N–H and O–H groups in total. The van der Waals surface area contributed by atoms with Crippen LogP contribution in [-0.4, -0.2) is 43.5 Å². The smallest absolute Gasteiger partial charge is 0.260 e. The zero-order chi connectivity index (χ0) is 20.9. The van der Waals surface area contributed by atoms with Crippen molar-refractivity contribution in [3.8, 4) is 11.3 Å². The van der Waals surface area contributed by atoms with E-state index in [1.54, 1.807) is 19.3 Å². The molecule has 0 bridgehead atoms. The molecule has 2 atom stereocenters. The minimum Gasteiger partial charge on any atom is -0.360 e. The van der Waals surface area contributed by atoms with Crippen LogP contribution < -0.4 is 0 Å². The number of pyridine rings is 1. The van der Waals surface area contributed by atoms with Gasteiger partial charge in [0.1, 0.15) is 22.8 Å². The first-order valence-electron chi connectivity index (χ1n) is 10.5.